The number of nitrogens with one attached hydrogen (secondary N) is 1. The van der Waals surface area contributed by atoms with Crippen molar-refractivity contribution in [2.24, 2.45) is 0 Å². The smallest absolute Gasteiger partial charge is 0.416 e. The average Bonchev–Trinajstić information content (AvgIpc) is 2.83. The Labute approximate surface area is 119 Å². The third kappa shape index (κ3) is 4.49. The number of benzene rings is 1. The van der Waals surface area contributed by atoms with Gasteiger partial charge < -0.3 is 14.5 Å². The first-order valence-electron chi connectivity index (χ1n) is 6.37. The Morgan fingerprint density at radius 1 is 1.24 bits per heavy atom. The van der Waals surface area contributed by atoms with E-state index in [4.69, 9.17) is 9.15 Å². The van der Waals surface area contributed by atoms with Crippen LogP contribution in [0.15, 0.2) is 34.9 Å². The molecular weight excluding hydrogens is 285 g/mol. The summed E-state index contributed by atoms with van der Waals surface area (Å²) in [5.74, 6) is 0.230. The lowest BCUT2D eigenvalue weighted by Gasteiger charge is -2.07. The van der Waals surface area contributed by atoms with Crippen LogP contribution < -0.4 is 10.1 Å². The van der Waals surface area contributed by atoms with Crippen molar-refractivity contribution in [1.29, 1.82) is 0 Å². The lowest BCUT2D eigenvalue weighted by molar-refractivity contribution is -0.137. The second-order valence-corrected chi connectivity index (χ2v) is 4.76. The molecule has 0 saturated heterocycles. The number of halogens is 3. The van der Waals surface area contributed by atoms with Crippen LogP contribution >= 0.6 is 0 Å². The highest BCUT2D eigenvalue weighted by Gasteiger charge is 2.30. The van der Waals surface area contributed by atoms with Crippen LogP contribution in [0, 0.1) is 0 Å². The predicted octanol–water partition coefficient (Wildman–Crippen LogP) is 3.98. The van der Waals surface area contributed by atoms with E-state index in [1.165, 1.54) is 18.4 Å². The van der Waals surface area contributed by atoms with E-state index in [1.54, 1.807) is 0 Å². The molecule has 0 unspecified atom stereocenters. The quantitative estimate of drug-likeness (QED) is 0.907. The lowest BCUT2D eigenvalue weighted by Crippen LogP contribution is -2.21. The molecule has 7 heteroatoms. The molecule has 0 bridgehead atoms. The molecule has 1 heterocycles. The Morgan fingerprint density at radius 2 is 1.90 bits per heavy atom. The fourth-order valence-electron chi connectivity index (χ4n) is 1.54. The lowest BCUT2D eigenvalue weighted by atomic mass is 10.2. The summed E-state index contributed by atoms with van der Waals surface area (Å²) in [6.45, 7) is 4.52. The molecular formula is C14H15F3N2O2. The third-order valence-electron chi connectivity index (χ3n) is 2.61. The largest absolute Gasteiger partial charge is 0.417 e. The number of aromatic nitrogens is 1. The van der Waals surface area contributed by atoms with Crippen molar-refractivity contribution in [1.82, 2.24) is 10.3 Å². The van der Waals surface area contributed by atoms with Crippen molar-refractivity contribution in [3.63, 3.8) is 0 Å². The molecule has 0 atom stereocenters. The number of hydrogen-bond donors (Lipinski definition) is 1. The number of ether oxygens (including phenoxy) is 1. The van der Waals surface area contributed by atoms with E-state index in [2.05, 4.69) is 10.3 Å². The molecule has 0 saturated carbocycles. The first kappa shape index (κ1) is 15.4. The monoisotopic (exact) mass is 300 g/mol. The van der Waals surface area contributed by atoms with E-state index in [-0.39, 0.29) is 11.8 Å². The molecule has 0 aliphatic heterocycles. The molecule has 2 rings (SSSR count). The van der Waals surface area contributed by atoms with Crippen LogP contribution in [0.4, 0.5) is 13.2 Å². The molecule has 0 amide bonds. The minimum absolute atomic E-state index is 0.00434. The standard InChI is InChI=1S/C14H15F3N2O2/c1-9(2)18-7-11-8-20-13(19-11)21-12-5-3-10(4-6-12)14(15,16)17/h3-6,8-9,18H,7H2,1-2H3. The zero-order valence-electron chi connectivity index (χ0n) is 11.6. The van der Waals surface area contributed by atoms with Gasteiger partial charge in [-0.3, -0.25) is 0 Å². The Morgan fingerprint density at radius 3 is 2.48 bits per heavy atom. The fourth-order valence-corrected chi connectivity index (χ4v) is 1.54. The van der Waals surface area contributed by atoms with Crippen LogP contribution in [0.25, 0.3) is 0 Å². The second-order valence-electron chi connectivity index (χ2n) is 4.76. The zero-order chi connectivity index (χ0) is 15.5. The minimum Gasteiger partial charge on any atom is -0.417 e. The topological polar surface area (TPSA) is 47.3 Å². The summed E-state index contributed by atoms with van der Waals surface area (Å²) in [7, 11) is 0. The van der Waals surface area contributed by atoms with Gasteiger partial charge in [0, 0.05) is 12.6 Å². The summed E-state index contributed by atoms with van der Waals surface area (Å²) in [5, 5.41) is 3.16. The normalized spacial score (nSPS) is 11.9. The van der Waals surface area contributed by atoms with Crippen molar-refractivity contribution in [3.8, 4) is 11.8 Å². The van der Waals surface area contributed by atoms with Gasteiger partial charge in [-0.05, 0) is 24.3 Å². The molecule has 0 aliphatic rings. The van der Waals surface area contributed by atoms with Gasteiger partial charge >= 0.3 is 12.3 Å². The highest BCUT2D eigenvalue weighted by Crippen LogP contribution is 2.31. The summed E-state index contributed by atoms with van der Waals surface area (Å²) in [4.78, 5) is 4.08. The fraction of sp³-hybridized carbons (Fsp3) is 0.357. The van der Waals surface area contributed by atoms with Gasteiger partial charge in [0.15, 0.2) is 0 Å². The van der Waals surface area contributed by atoms with Gasteiger partial charge in [0.25, 0.3) is 0 Å². The van der Waals surface area contributed by atoms with E-state index >= 15 is 0 Å². The van der Waals surface area contributed by atoms with Gasteiger partial charge in [0.1, 0.15) is 12.0 Å². The van der Waals surface area contributed by atoms with Gasteiger partial charge in [-0.1, -0.05) is 13.8 Å². The molecule has 2 aromatic rings. The molecule has 0 spiro atoms. The summed E-state index contributed by atoms with van der Waals surface area (Å²) in [5.41, 5.74) is -0.0744. The Balaban J connectivity index is 1.98. The Kier molecular flexibility index (Phi) is 4.52. The van der Waals surface area contributed by atoms with Crippen LogP contribution in [0.2, 0.25) is 0 Å². The van der Waals surface area contributed by atoms with E-state index in [0.717, 1.165) is 12.1 Å². The van der Waals surface area contributed by atoms with Crippen LogP contribution in [-0.4, -0.2) is 11.0 Å². The summed E-state index contributed by atoms with van der Waals surface area (Å²) < 4.78 is 47.6. The molecule has 1 N–H and O–H groups in total. The van der Waals surface area contributed by atoms with Crippen molar-refractivity contribution in [2.75, 3.05) is 0 Å². The maximum Gasteiger partial charge on any atom is 0.416 e. The predicted molar refractivity (Wildman–Crippen MR) is 70.0 cm³/mol. The van der Waals surface area contributed by atoms with Gasteiger partial charge in [0.05, 0.1) is 11.3 Å². The third-order valence-corrected chi connectivity index (χ3v) is 2.61. The van der Waals surface area contributed by atoms with Gasteiger partial charge in [-0.25, -0.2) is 0 Å². The van der Waals surface area contributed by atoms with Crippen molar-refractivity contribution in [2.45, 2.75) is 32.6 Å². The number of oxazole rings is 1. The van der Waals surface area contributed by atoms with Gasteiger partial charge in [0.2, 0.25) is 0 Å². The minimum atomic E-state index is -4.36. The molecule has 1 aromatic heterocycles. The summed E-state index contributed by atoms with van der Waals surface area (Å²) in [6, 6.07) is 4.64. The van der Waals surface area contributed by atoms with Crippen molar-refractivity contribution < 1.29 is 22.3 Å². The molecule has 1 aromatic carbocycles. The first-order valence-corrected chi connectivity index (χ1v) is 6.37. The Hall–Kier alpha value is -2.02. The summed E-state index contributed by atoms with van der Waals surface area (Å²) >= 11 is 0. The number of nitrogens with zero attached hydrogens (tertiary/aromatic N) is 1. The highest BCUT2D eigenvalue weighted by atomic mass is 19.4. The highest BCUT2D eigenvalue weighted by molar-refractivity contribution is 5.30. The molecule has 0 radical (unpaired) electrons. The SMILES string of the molecule is CC(C)NCc1coc(Oc2ccc(C(F)(F)F)cc2)n1. The van der Waals surface area contributed by atoms with Crippen molar-refractivity contribution >= 4 is 0 Å². The average molecular weight is 300 g/mol. The zero-order valence-corrected chi connectivity index (χ0v) is 11.6. The van der Waals surface area contributed by atoms with Crippen LogP contribution in [-0.2, 0) is 12.7 Å². The molecule has 0 aliphatic carbocycles. The number of alkyl halides is 3. The van der Waals surface area contributed by atoms with Gasteiger partial charge in [-0.2, -0.15) is 18.2 Å². The van der Waals surface area contributed by atoms with Crippen LogP contribution in [0.3, 0.4) is 0 Å². The number of rotatable bonds is 5. The molecule has 4 nitrogen and oxygen atoms in total. The van der Waals surface area contributed by atoms with E-state index in [0.29, 0.717) is 18.3 Å². The second kappa shape index (κ2) is 6.17. The molecule has 21 heavy (non-hydrogen) atoms. The van der Waals surface area contributed by atoms with Crippen LogP contribution in [0.1, 0.15) is 25.1 Å². The van der Waals surface area contributed by atoms with Gasteiger partial charge in [-0.15, -0.1) is 0 Å². The van der Waals surface area contributed by atoms with Crippen LogP contribution in [0.5, 0.6) is 11.8 Å². The number of hydrogen-bond acceptors (Lipinski definition) is 4. The molecule has 0 fully saturated rings. The molecule has 114 valence electrons. The maximum atomic E-state index is 12.4. The van der Waals surface area contributed by atoms with E-state index in [1.807, 2.05) is 13.8 Å². The Bertz CT molecular complexity index is 577. The van der Waals surface area contributed by atoms with Crippen molar-refractivity contribution in [3.05, 3.63) is 41.8 Å². The van der Waals surface area contributed by atoms with E-state index < -0.39 is 11.7 Å². The summed E-state index contributed by atoms with van der Waals surface area (Å²) in [6.07, 6.45) is -2.93. The first-order chi connectivity index (χ1) is 9.84. The van der Waals surface area contributed by atoms with E-state index in [9.17, 15) is 13.2 Å². The maximum absolute atomic E-state index is 12.4.